The second-order valence-corrected chi connectivity index (χ2v) is 8.18. The number of hydrogen-bond acceptors (Lipinski definition) is 4. The van der Waals surface area contributed by atoms with E-state index in [4.69, 9.17) is 0 Å². The molecule has 3 heterocycles. The average Bonchev–Trinajstić information content (AvgIpc) is 3.44. The van der Waals surface area contributed by atoms with Crippen LogP contribution in [-0.4, -0.2) is 36.7 Å². The molecule has 4 rings (SSSR count). The molecule has 2 saturated heterocycles. The minimum Gasteiger partial charge on any atom is -0.370 e. The first-order valence-corrected chi connectivity index (χ1v) is 10.6. The number of carbonyl (C=O) groups excluding carboxylic acids is 1. The number of nitrogens with zero attached hydrogens (tertiary/aromatic N) is 3. The smallest absolute Gasteiger partial charge is 0.370 e. The van der Waals surface area contributed by atoms with Crippen molar-refractivity contribution in [1.82, 2.24) is 10.3 Å². The molecule has 0 spiro atoms. The van der Waals surface area contributed by atoms with Gasteiger partial charge in [0.05, 0.1) is 28.7 Å². The van der Waals surface area contributed by atoms with Crippen LogP contribution in [0.25, 0.3) is 0 Å². The molecule has 1 unspecified atom stereocenters. The molecule has 0 aliphatic carbocycles. The van der Waals surface area contributed by atoms with E-state index in [1.807, 2.05) is 11.0 Å². The molecule has 2 aromatic rings. The number of amides is 1. The van der Waals surface area contributed by atoms with Crippen molar-refractivity contribution in [2.45, 2.75) is 44.2 Å². The van der Waals surface area contributed by atoms with E-state index in [1.165, 1.54) is 0 Å². The minimum absolute atomic E-state index is 0.0105. The van der Waals surface area contributed by atoms with Gasteiger partial charge in [0.1, 0.15) is 6.17 Å². The maximum absolute atomic E-state index is 13.2. The van der Waals surface area contributed by atoms with Gasteiger partial charge in [-0.05, 0) is 49.9 Å². The summed E-state index contributed by atoms with van der Waals surface area (Å²) in [5.74, 6) is -0.991. The summed E-state index contributed by atoms with van der Waals surface area (Å²) in [7, 11) is 0. The number of aromatic nitrogens is 1. The highest BCUT2D eigenvalue weighted by atomic mass is 19.4. The Bertz CT molecular complexity index is 984. The average molecular weight is 472 g/mol. The van der Waals surface area contributed by atoms with Gasteiger partial charge in [0.25, 0.3) is 5.91 Å². The summed E-state index contributed by atoms with van der Waals surface area (Å²) in [6, 6.07) is 2.78. The molecule has 178 valence electrons. The second kappa shape index (κ2) is 8.75. The van der Waals surface area contributed by atoms with Crippen molar-refractivity contribution in [3.63, 3.8) is 0 Å². The number of rotatable bonds is 4. The number of carbonyl (C=O) groups is 1. The summed E-state index contributed by atoms with van der Waals surface area (Å²) >= 11 is 0. The zero-order valence-corrected chi connectivity index (χ0v) is 17.5. The van der Waals surface area contributed by atoms with E-state index in [0.717, 1.165) is 37.3 Å². The number of anilines is 2. The fourth-order valence-corrected chi connectivity index (χ4v) is 4.35. The molecule has 1 N–H and O–H groups in total. The van der Waals surface area contributed by atoms with Gasteiger partial charge in [0.15, 0.2) is 0 Å². The minimum atomic E-state index is -5.02. The Balaban J connectivity index is 1.60. The van der Waals surface area contributed by atoms with Crippen molar-refractivity contribution in [2.75, 3.05) is 29.4 Å². The van der Waals surface area contributed by atoms with Crippen molar-refractivity contribution in [1.29, 1.82) is 0 Å². The summed E-state index contributed by atoms with van der Waals surface area (Å²) in [6.45, 7) is 2.34. The molecule has 11 heteroatoms. The van der Waals surface area contributed by atoms with Crippen LogP contribution in [0.2, 0.25) is 0 Å². The fraction of sp³-hybridized carbons (Fsp3) is 0.455. The highest BCUT2D eigenvalue weighted by Crippen LogP contribution is 2.37. The summed E-state index contributed by atoms with van der Waals surface area (Å²) in [5.41, 5.74) is -2.00. The number of pyridine rings is 1. The quantitative estimate of drug-likeness (QED) is 0.631. The van der Waals surface area contributed by atoms with Gasteiger partial charge in [-0.25, -0.2) is 0 Å². The van der Waals surface area contributed by atoms with E-state index in [2.05, 4.69) is 15.2 Å². The normalized spacial score (nSPS) is 19.3. The van der Waals surface area contributed by atoms with E-state index >= 15 is 0 Å². The van der Waals surface area contributed by atoms with E-state index in [-0.39, 0.29) is 6.07 Å². The van der Waals surface area contributed by atoms with Gasteiger partial charge >= 0.3 is 12.4 Å². The Kier molecular flexibility index (Phi) is 6.15. The van der Waals surface area contributed by atoms with Crippen LogP contribution >= 0.6 is 0 Å². The molecule has 0 bridgehead atoms. The van der Waals surface area contributed by atoms with E-state index in [0.29, 0.717) is 31.5 Å². The van der Waals surface area contributed by atoms with Gasteiger partial charge < -0.3 is 15.1 Å². The maximum atomic E-state index is 13.2. The van der Waals surface area contributed by atoms with Gasteiger partial charge in [-0.3, -0.25) is 9.78 Å². The van der Waals surface area contributed by atoms with Crippen LogP contribution in [0.5, 0.6) is 0 Å². The lowest BCUT2D eigenvalue weighted by Gasteiger charge is -2.31. The molecule has 1 aromatic heterocycles. The maximum Gasteiger partial charge on any atom is 0.416 e. The third-order valence-corrected chi connectivity index (χ3v) is 5.93. The van der Waals surface area contributed by atoms with Gasteiger partial charge in [-0.15, -0.1) is 0 Å². The van der Waals surface area contributed by atoms with Crippen LogP contribution in [0.1, 0.15) is 47.2 Å². The number of hydrogen-bond donors (Lipinski definition) is 1. The molecule has 0 radical (unpaired) electrons. The standard InChI is InChI=1S/C22H22F6N4O/c23-21(24,25)15-10-14(11-16(12-15)22(26,27)28)20(33)30-19-4-3-9-32(19)18-13-29-6-5-17(18)31-7-1-2-8-31/h5-6,10-13,19H,1-4,7-9H2,(H,30,33). The third-order valence-electron chi connectivity index (χ3n) is 5.93. The summed E-state index contributed by atoms with van der Waals surface area (Å²) in [4.78, 5) is 21.1. The fourth-order valence-electron chi connectivity index (χ4n) is 4.35. The lowest BCUT2D eigenvalue weighted by Crippen LogP contribution is -2.45. The molecule has 2 aliphatic heterocycles. The van der Waals surface area contributed by atoms with Crippen LogP contribution < -0.4 is 15.1 Å². The highest BCUT2D eigenvalue weighted by molar-refractivity contribution is 5.95. The van der Waals surface area contributed by atoms with Crippen molar-refractivity contribution in [3.8, 4) is 0 Å². The van der Waals surface area contributed by atoms with Gasteiger partial charge in [-0.1, -0.05) is 0 Å². The van der Waals surface area contributed by atoms with Crippen molar-refractivity contribution in [2.24, 2.45) is 0 Å². The Labute approximate surface area is 186 Å². The molecule has 1 atom stereocenters. The first-order chi connectivity index (χ1) is 15.5. The first kappa shape index (κ1) is 23.2. The predicted molar refractivity (Wildman–Crippen MR) is 110 cm³/mol. The van der Waals surface area contributed by atoms with Crippen LogP contribution in [-0.2, 0) is 12.4 Å². The molecular weight excluding hydrogens is 450 g/mol. The number of benzene rings is 1. The predicted octanol–water partition coefficient (Wildman–Crippen LogP) is 5.08. The van der Waals surface area contributed by atoms with Gasteiger partial charge in [0, 0.05) is 31.4 Å². The molecule has 0 saturated carbocycles. The lowest BCUT2D eigenvalue weighted by atomic mass is 10.0. The van der Waals surface area contributed by atoms with Crippen molar-refractivity contribution >= 4 is 17.3 Å². The molecule has 2 aliphatic rings. The number of nitrogens with one attached hydrogen (secondary N) is 1. The molecule has 33 heavy (non-hydrogen) atoms. The van der Waals surface area contributed by atoms with E-state index < -0.39 is 41.1 Å². The zero-order chi connectivity index (χ0) is 23.8. The van der Waals surface area contributed by atoms with Crippen molar-refractivity contribution in [3.05, 3.63) is 53.3 Å². The summed E-state index contributed by atoms with van der Waals surface area (Å²) < 4.78 is 79.0. The lowest BCUT2D eigenvalue weighted by molar-refractivity contribution is -0.143. The van der Waals surface area contributed by atoms with Crippen LogP contribution in [0.4, 0.5) is 37.7 Å². The largest absolute Gasteiger partial charge is 0.416 e. The van der Waals surface area contributed by atoms with Gasteiger partial charge in [-0.2, -0.15) is 26.3 Å². The number of halogens is 6. The van der Waals surface area contributed by atoms with Crippen molar-refractivity contribution < 1.29 is 31.1 Å². The number of alkyl halides is 6. The summed E-state index contributed by atoms with van der Waals surface area (Å²) in [5, 5.41) is 2.62. The third kappa shape index (κ3) is 5.01. The zero-order valence-electron chi connectivity index (χ0n) is 17.5. The Morgan fingerprint density at radius 2 is 1.55 bits per heavy atom. The molecule has 2 fully saturated rings. The Morgan fingerprint density at radius 3 is 2.15 bits per heavy atom. The van der Waals surface area contributed by atoms with Crippen LogP contribution in [0, 0.1) is 0 Å². The van der Waals surface area contributed by atoms with Gasteiger partial charge in [0.2, 0.25) is 0 Å². The molecule has 5 nitrogen and oxygen atoms in total. The summed E-state index contributed by atoms with van der Waals surface area (Å²) in [6.07, 6.45) is -3.95. The van der Waals surface area contributed by atoms with E-state index in [1.54, 1.807) is 12.4 Å². The van der Waals surface area contributed by atoms with Crippen LogP contribution in [0.15, 0.2) is 36.7 Å². The monoisotopic (exact) mass is 472 g/mol. The topological polar surface area (TPSA) is 48.5 Å². The molecular formula is C22H22F6N4O. The molecule has 1 aromatic carbocycles. The SMILES string of the molecule is O=C(NC1CCCN1c1cnccc1N1CCCC1)c1cc(C(F)(F)F)cc(C(F)(F)F)c1. The molecule has 1 amide bonds. The Hall–Kier alpha value is -2.98. The Morgan fingerprint density at radius 1 is 0.909 bits per heavy atom. The highest BCUT2D eigenvalue weighted by Gasteiger charge is 2.38. The van der Waals surface area contributed by atoms with Crippen LogP contribution in [0.3, 0.4) is 0 Å². The first-order valence-electron chi connectivity index (χ1n) is 10.6. The second-order valence-electron chi connectivity index (χ2n) is 8.18. The van der Waals surface area contributed by atoms with E-state index in [9.17, 15) is 31.1 Å².